The van der Waals surface area contributed by atoms with Crippen LogP contribution in [-0.4, -0.2) is 33.5 Å². The summed E-state index contributed by atoms with van der Waals surface area (Å²) in [7, 11) is 0. The molecule has 0 spiro atoms. The van der Waals surface area contributed by atoms with Gasteiger partial charge in [-0.1, -0.05) is 36.4 Å². The number of nitrogens with one attached hydrogen (secondary N) is 2. The first-order valence-electron chi connectivity index (χ1n) is 8.49. The van der Waals surface area contributed by atoms with Gasteiger partial charge in [0.2, 0.25) is 0 Å². The number of fused-ring (bicyclic) bond motifs is 1. The van der Waals surface area contributed by atoms with Crippen LogP contribution in [0.1, 0.15) is 32.0 Å². The van der Waals surface area contributed by atoms with Gasteiger partial charge in [-0.25, -0.2) is 0 Å². The normalized spacial score (nSPS) is 13.2. The van der Waals surface area contributed by atoms with Gasteiger partial charge in [0.25, 0.3) is 11.8 Å². The fourth-order valence-corrected chi connectivity index (χ4v) is 3.10. The Morgan fingerprint density at radius 2 is 1.62 bits per heavy atom. The van der Waals surface area contributed by atoms with Crippen LogP contribution in [0.5, 0.6) is 0 Å². The molecule has 1 aliphatic heterocycles. The zero-order chi connectivity index (χ0) is 17.9. The van der Waals surface area contributed by atoms with E-state index < -0.39 is 0 Å². The molecule has 0 atom stereocenters. The van der Waals surface area contributed by atoms with Gasteiger partial charge >= 0.3 is 0 Å². The molecule has 0 radical (unpaired) electrons. The van der Waals surface area contributed by atoms with Gasteiger partial charge in [-0.15, -0.1) is 0 Å². The molecule has 6 nitrogen and oxygen atoms in total. The monoisotopic (exact) mass is 346 g/mol. The molecule has 0 fully saturated rings. The Morgan fingerprint density at radius 3 is 2.31 bits per heavy atom. The average molecular weight is 346 g/mol. The Bertz CT molecular complexity index is 935. The van der Waals surface area contributed by atoms with E-state index in [1.807, 2.05) is 48.5 Å². The van der Waals surface area contributed by atoms with Crippen LogP contribution in [0, 0.1) is 0 Å². The predicted octanol–water partition coefficient (Wildman–Crippen LogP) is 2.86. The molecule has 3 aromatic rings. The Kier molecular flexibility index (Phi) is 4.23. The van der Waals surface area contributed by atoms with E-state index in [2.05, 4.69) is 15.5 Å². The van der Waals surface area contributed by atoms with Crippen LogP contribution in [0.4, 0.5) is 5.82 Å². The van der Waals surface area contributed by atoms with Crippen LogP contribution in [-0.2, 0) is 13.0 Å². The summed E-state index contributed by atoms with van der Waals surface area (Å²) < 4.78 is 0. The molecule has 2 heterocycles. The smallest absolute Gasteiger partial charge is 0.256 e. The molecule has 0 saturated heterocycles. The summed E-state index contributed by atoms with van der Waals surface area (Å²) in [4.78, 5) is 26.9. The SMILES string of the molecule is O=C(Nc1n[nH]c2c1CN(C(=O)c1ccccc1)CC2)c1ccccc1. The van der Waals surface area contributed by atoms with Gasteiger partial charge in [-0.2, -0.15) is 5.10 Å². The van der Waals surface area contributed by atoms with Crippen LogP contribution in [0.2, 0.25) is 0 Å². The number of carbonyl (C=O) groups is 2. The molecule has 0 bridgehead atoms. The first-order valence-corrected chi connectivity index (χ1v) is 8.49. The first-order chi connectivity index (χ1) is 12.7. The fraction of sp³-hybridized carbons (Fsp3) is 0.150. The quantitative estimate of drug-likeness (QED) is 0.765. The fourth-order valence-electron chi connectivity index (χ4n) is 3.10. The number of hydrogen-bond donors (Lipinski definition) is 2. The third-order valence-electron chi connectivity index (χ3n) is 4.51. The molecule has 130 valence electrons. The molecule has 2 aromatic carbocycles. The minimum atomic E-state index is -0.216. The lowest BCUT2D eigenvalue weighted by Gasteiger charge is -2.27. The maximum atomic E-state index is 12.7. The van der Waals surface area contributed by atoms with E-state index in [0.717, 1.165) is 11.3 Å². The highest BCUT2D eigenvalue weighted by Crippen LogP contribution is 2.25. The third-order valence-corrected chi connectivity index (χ3v) is 4.51. The van der Waals surface area contributed by atoms with Crippen molar-refractivity contribution >= 4 is 17.6 Å². The van der Waals surface area contributed by atoms with Gasteiger partial charge in [-0.3, -0.25) is 14.7 Å². The molecule has 26 heavy (non-hydrogen) atoms. The van der Waals surface area contributed by atoms with Crippen molar-refractivity contribution in [1.82, 2.24) is 15.1 Å². The topological polar surface area (TPSA) is 78.1 Å². The highest BCUT2D eigenvalue weighted by atomic mass is 16.2. The van der Waals surface area contributed by atoms with Crippen molar-refractivity contribution in [2.45, 2.75) is 13.0 Å². The molecule has 1 aliphatic rings. The molecule has 0 aliphatic carbocycles. The lowest BCUT2D eigenvalue weighted by atomic mass is 10.1. The number of amides is 2. The Morgan fingerprint density at radius 1 is 0.962 bits per heavy atom. The number of H-pyrrole nitrogens is 1. The molecule has 4 rings (SSSR count). The van der Waals surface area contributed by atoms with Crippen LogP contribution in [0.3, 0.4) is 0 Å². The summed E-state index contributed by atoms with van der Waals surface area (Å²) in [5, 5.41) is 10.1. The van der Waals surface area contributed by atoms with Crippen molar-refractivity contribution in [3.05, 3.63) is 83.0 Å². The maximum absolute atomic E-state index is 12.7. The average Bonchev–Trinajstić information content (AvgIpc) is 3.10. The molecule has 2 N–H and O–H groups in total. The summed E-state index contributed by atoms with van der Waals surface area (Å²) in [6.45, 7) is 1.04. The van der Waals surface area contributed by atoms with Crippen LogP contribution < -0.4 is 5.32 Å². The Labute approximate surface area is 150 Å². The van der Waals surface area contributed by atoms with Gasteiger partial charge in [0.05, 0.1) is 6.54 Å². The second kappa shape index (κ2) is 6.84. The number of hydrogen-bond acceptors (Lipinski definition) is 3. The second-order valence-electron chi connectivity index (χ2n) is 6.19. The van der Waals surface area contributed by atoms with Gasteiger partial charge in [0.15, 0.2) is 5.82 Å². The number of carbonyl (C=O) groups excluding carboxylic acids is 2. The van der Waals surface area contributed by atoms with Gasteiger partial charge in [-0.05, 0) is 24.3 Å². The summed E-state index contributed by atoms with van der Waals surface area (Å²) >= 11 is 0. The van der Waals surface area contributed by atoms with Crippen molar-refractivity contribution in [3.8, 4) is 0 Å². The summed E-state index contributed by atoms with van der Waals surface area (Å²) in [6.07, 6.45) is 0.683. The van der Waals surface area contributed by atoms with Crippen molar-refractivity contribution in [2.75, 3.05) is 11.9 Å². The number of aromatic amines is 1. The van der Waals surface area contributed by atoms with E-state index in [0.29, 0.717) is 36.5 Å². The van der Waals surface area contributed by atoms with Crippen molar-refractivity contribution in [1.29, 1.82) is 0 Å². The lowest BCUT2D eigenvalue weighted by molar-refractivity contribution is 0.0734. The Balaban J connectivity index is 1.53. The molecule has 0 unspecified atom stereocenters. The highest BCUT2D eigenvalue weighted by molar-refractivity contribution is 6.04. The number of rotatable bonds is 3. The minimum absolute atomic E-state index is 0.0159. The van der Waals surface area contributed by atoms with E-state index in [1.54, 1.807) is 17.0 Å². The zero-order valence-corrected chi connectivity index (χ0v) is 14.1. The standard InChI is InChI=1S/C20H18N4O2/c25-19(14-7-3-1-4-8-14)21-18-16-13-24(12-11-17(16)22-23-18)20(26)15-9-5-2-6-10-15/h1-10H,11-13H2,(H2,21,22,23,25). The molecule has 0 saturated carbocycles. The minimum Gasteiger partial charge on any atom is -0.334 e. The van der Waals surface area contributed by atoms with Crippen LogP contribution in [0.25, 0.3) is 0 Å². The third kappa shape index (κ3) is 3.09. The highest BCUT2D eigenvalue weighted by Gasteiger charge is 2.26. The van der Waals surface area contributed by atoms with E-state index in [-0.39, 0.29) is 11.8 Å². The van der Waals surface area contributed by atoms with Crippen molar-refractivity contribution in [2.24, 2.45) is 0 Å². The number of benzene rings is 2. The Hall–Kier alpha value is -3.41. The van der Waals surface area contributed by atoms with E-state index >= 15 is 0 Å². The maximum Gasteiger partial charge on any atom is 0.256 e. The number of anilines is 1. The summed E-state index contributed by atoms with van der Waals surface area (Å²) in [6, 6.07) is 18.2. The van der Waals surface area contributed by atoms with Crippen molar-refractivity contribution < 1.29 is 9.59 Å². The number of aromatic nitrogens is 2. The van der Waals surface area contributed by atoms with E-state index in [4.69, 9.17) is 0 Å². The summed E-state index contributed by atoms with van der Waals surface area (Å²) in [5.74, 6) is 0.253. The molecule has 1 aromatic heterocycles. The summed E-state index contributed by atoms with van der Waals surface area (Å²) in [5.41, 5.74) is 3.06. The lowest BCUT2D eigenvalue weighted by Crippen LogP contribution is -2.36. The molecular formula is C20H18N4O2. The van der Waals surface area contributed by atoms with E-state index in [9.17, 15) is 9.59 Å². The predicted molar refractivity (Wildman–Crippen MR) is 97.9 cm³/mol. The second-order valence-corrected chi connectivity index (χ2v) is 6.19. The van der Waals surface area contributed by atoms with Crippen LogP contribution in [0.15, 0.2) is 60.7 Å². The molecular weight excluding hydrogens is 328 g/mol. The molecule has 6 heteroatoms. The number of nitrogens with zero attached hydrogens (tertiary/aromatic N) is 2. The zero-order valence-electron chi connectivity index (χ0n) is 14.1. The van der Waals surface area contributed by atoms with Crippen molar-refractivity contribution in [3.63, 3.8) is 0 Å². The van der Waals surface area contributed by atoms with Gasteiger partial charge in [0, 0.05) is 35.3 Å². The largest absolute Gasteiger partial charge is 0.334 e. The molecule has 2 amide bonds. The van der Waals surface area contributed by atoms with Crippen LogP contribution >= 0.6 is 0 Å². The first kappa shape index (κ1) is 16.1. The van der Waals surface area contributed by atoms with Gasteiger partial charge < -0.3 is 10.2 Å². The van der Waals surface area contributed by atoms with E-state index in [1.165, 1.54) is 0 Å². The van der Waals surface area contributed by atoms with Gasteiger partial charge in [0.1, 0.15) is 0 Å².